The van der Waals surface area contributed by atoms with E-state index < -0.39 is 6.61 Å². The fourth-order valence-corrected chi connectivity index (χ4v) is 3.06. The molecule has 1 N–H and O–H groups in total. The zero-order chi connectivity index (χ0) is 15.2. The minimum absolute atomic E-state index is 0.222. The van der Waals surface area contributed by atoms with Crippen LogP contribution in [0.25, 0.3) is 0 Å². The highest BCUT2D eigenvalue weighted by Crippen LogP contribution is 2.25. The lowest BCUT2D eigenvalue weighted by atomic mass is 10.0. The standard InChI is InChI=1S/C17H25F2NO/c1-12-3-8-15(11-12)20-13(2)4-5-14-6-9-16(10-7-14)21-17(18)19/h6-7,9-10,12-13,15,17,20H,3-5,8,11H2,1-2H3. The second kappa shape index (κ2) is 7.74. The highest BCUT2D eigenvalue weighted by molar-refractivity contribution is 5.27. The third kappa shape index (κ3) is 5.62. The van der Waals surface area contributed by atoms with E-state index >= 15 is 0 Å². The monoisotopic (exact) mass is 297 g/mol. The molecule has 0 bridgehead atoms. The molecule has 1 aliphatic carbocycles. The smallest absolute Gasteiger partial charge is 0.387 e. The molecular formula is C17H25F2NO. The van der Waals surface area contributed by atoms with Crippen LogP contribution in [-0.2, 0) is 6.42 Å². The summed E-state index contributed by atoms with van der Waals surface area (Å²) >= 11 is 0. The molecule has 1 aromatic carbocycles. The maximum atomic E-state index is 12.1. The van der Waals surface area contributed by atoms with Crippen molar-refractivity contribution in [1.29, 1.82) is 0 Å². The van der Waals surface area contributed by atoms with Gasteiger partial charge in [-0.2, -0.15) is 8.78 Å². The van der Waals surface area contributed by atoms with E-state index in [0.29, 0.717) is 12.1 Å². The summed E-state index contributed by atoms with van der Waals surface area (Å²) in [7, 11) is 0. The Morgan fingerprint density at radius 3 is 2.52 bits per heavy atom. The highest BCUT2D eigenvalue weighted by Gasteiger charge is 2.22. The molecule has 0 spiro atoms. The Morgan fingerprint density at radius 1 is 1.24 bits per heavy atom. The molecule has 0 amide bonds. The molecule has 0 saturated heterocycles. The fraction of sp³-hybridized carbons (Fsp3) is 0.647. The second-order valence-electron chi connectivity index (χ2n) is 6.24. The first-order chi connectivity index (χ1) is 10.0. The summed E-state index contributed by atoms with van der Waals surface area (Å²) in [6, 6.07) is 8.09. The van der Waals surface area contributed by atoms with E-state index in [1.54, 1.807) is 12.1 Å². The van der Waals surface area contributed by atoms with Crippen LogP contribution in [0.4, 0.5) is 8.78 Å². The van der Waals surface area contributed by atoms with Gasteiger partial charge in [0.1, 0.15) is 5.75 Å². The first kappa shape index (κ1) is 16.2. The topological polar surface area (TPSA) is 21.3 Å². The Labute approximate surface area is 125 Å². The van der Waals surface area contributed by atoms with E-state index in [4.69, 9.17) is 0 Å². The van der Waals surface area contributed by atoms with E-state index in [1.165, 1.54) is 19.3 Å². The van der Waals surface area contributed by atoms with Crippen LogP contribution >= 0.6 is 0 Å². The molecular weight excluding hydrogens is 272 g/mol. The fourth-order valence-electron chi connectivity index (χ4n) is 3.06. The molecule has 0 radical (unpaired) electrons. The number of nitrogens with one attached hydrogen (secondary N) is 1. The third-order valence-electron chi connectivity index (χ3n) is 4.23. The summed E-state index contributed by atoms with van der Waals surface area (Å²) < 4.78 is 28.5. The maximum absolute atomic E-state index is 12.1. The number of benzene rings is 1. The van der Waals surface area contributed by atoms with Crippen molar-refractivity contribution in [3.8, 4) is 5.75 Å². The molecule has 1 aliphatic rings. The quantitative estimate of drug-likeness (QED) is 0.806. The minimum Gasteiger partial charge on any atom is -0.435 e. The number of aryl methyl sites for hydroxylation is 1. The first-order valence-electron chi connectivity index (χ1n) is 7.82. The molecule has 0 aromatic heterocycles. The van der Waals surface area contributed by atoms with E-state index in [2.05, 4.69) is 23.9 Å². The first-order valence-corrected chi connectivity index (χ1v) is 7.82. The predicted molar refractivity (Wildman–Crippen MR) is 80.8 cm³/mol. The van der Waals surface area contributed by atoms with E-state index in [0.717, 1.165) is 24.3 Å². The summed E-state index contributed by atoms with van der Waals surface area (Å²) in [5, 5.41) is 3.69. The van der Waals surface area contributed by atoms with Gasteiger partial charge in [0.25, 0.3) is 0 Å². The van der Waals surface area contributed by atoms with Crippen LogP contribution in [-0.4, -0.2) is 18.7 Å². The summed E-state index contributed by atoms with van der Waals surface area (Å²) in [5.74, 6) is 1.07. The number of hydrogen-bond acceptors (Lipinski definition) is 2. The van der Waals surface area contributed by atoms with E-state index in [-0.39, 0.29) is 5.75 Å². The van der Waals surface area contributed by atoms with Crippen molar-refractivity contribution in [3.05, 3.63) is 29.8 Å². The van der Waals surface area contributed by atoms with Gasteiger partial charge < -0.3 is 10.1 Å². The molecule has 118 valence electrons. The highest BCUT2D eigenvalue weighted by atomic mass is 19.3. The second-order valence-corrected chi connectivity index (χ2v) is 6.24. The molecule has 21 heavy (non-hydrogen) atoms. The van der Waals surface area contributed by atoms with Crippen LogP contribution in [0.5, 0.6) is 5.75 Å². The van der Waals surface area contributed by atoms with Gasteiger partial charge in [-0.3, -0.25) is 0 Å². The number of halogens is 2. The molecule has 2 rings (SSSR count). The molecule has 1 aromatic rings. The average molecular weight is 297 g/mol. The molecule has 1 fully saturated rings. The van der Waals surface area contributed by atoms with Gasteiger partial charge in [0.05, 0.1) is 0 Å². The Bertz CT molecular complexity index is 421. The Morgan fingerprint density at radius 2 is 1.95 bits per heavy atom. The van der Waals surface area contributed by atoms with Gasteiger partial charge in [-0.1, -0.05) is 19.1 Å². The van der Waals surface area contributed by atoms with E-state index in [9.17, 15) is 8.78 Å². The molecule has 3 unspecified atom stereocenters. The number of rotatable bonds is 7. The van der Waals surface area contributed by atoms with E-state index in [1.807, 2.05) is 12.1 Å². The largest absolute Gasteiger partial charge is 0.435 e. The van der Waals surface area contributed by atoms with Crippen molar-refractivity contribution in [1.82, 2.24) is 5.32 Å². The van der Waals surface area contributed by atoms with Crippen LogP contribution < -0.4 is 10.1 Å². The third-order valence-corrected chi connectivity index (χ3v) is 4.23. The average Bonchev–Trinajstić information content (AvgIpc) is 2.83. The van der Waals surface area contributed by atoms with Crippen molar-refractivity contribution in [3.63, 3.8) is 0 Å². The van der Waals surface area contributed by atoms with Crippen molar-refractivity contribution in [2.45, 2.75) is 64.6 Å². The van der Waals surface area contributed by atoms with Gasteiger partial charge in [0.2, 0.25) is 0 Å². The lowest BCUT2D eigenvalue weighted by Gasteiger charge is -2.19. The van der Waals surface area contributed by atoms with Crippen LogP contribution in [0.15, 0.2) is 24.3 Å². The van der Waals surface area contributed by atoms with Crippen molar-refractivity contribution >= 4 is 0 Å². The molecule has 0 aliphatic heterocycles. The number of ether oxygens (including phenoxy) is 1. The molecule has 0 heterocycles. The Hall–Kier alpha value is -1.16. The Kier molecular flexibility index (Phi) is 5.97. The summed E-state index contributed by atoms with van der Waals surface area (Å²) in [6.07, 6.45) is 5.90. The SMILES string of the molecule is CC1CCC(NC(C)CCc2ccc(OC(F)F)cc2)C1. The summed E-state index contributed by atoms with van der Waals surface area (Å²) in [4.78, 5) is 0. The zero-order valence-electron chi connectivity index (χ0n) is 12.8. The van der Waals surface area contributed by atoms with Crippen molar-refractivity contribution in [2.75, 3.05) is 0 Å². The van der Waals surface area contributed by atoms with Gasteiger partial charge in [-0.25, -0.2) is 0 Å². The van der Waals surface area contributed by atoms with Gasteiger partial charge in [-0.05, 0) is 62.6 Å². The minimum atomic E-state index is -2.76. The van der Waals surface area contributed by atoms with Crippen molar-refractivity contribution < 1.29 is 13.5 Å². The lowest BCUT2D eigenvalue weighted by Crippen LogP contribution is -2.35. The summed E-state index contributed by atoms with van der Waals surface area (Å²) in [6.45, 7) is 1.78. The van der Waals surface area contributed by atoms with Gasteiger partial charge in [-0.15, -0.1) is 0 Å². The van der Waals surface area contributed by atoms with Gasteiger partial charge >= 0.3 is 6.61 Å². The normalized spacial score (nSPS) is 23.5. The number of hydrogen-bond donors (Lipinski definition) is 1. The molecule has 3 atom stereocenters. The van der Waals surface area contributed by atoms with Crippen LogP contribution in [0.3, 0.4) is 0 Å². The lowest BCUT2D eigenvalue weighted by molar-refractivity contribution is -0.0498. The van der Waals surface area contributed by atoms with Crippen LogP contribution in [0.2, 0.25) is 0 Å². The zero-order valence-corrected chi connectivity index (χ0v) is 12.8. The molecule has 2 nitrogen and oxygen atoms in total. The predicted octanol–water partition coefficient (Wildman–Crippen LogP) is 4.39. The summed E-state index contributed by atoms with van der Waals surface area (Å²) in [5.41, 5.74) is 1.16. The maximum Gasteiger partial charge on any atom is 0.387 e. The molecule has 4 heteroatoms. The van der Waals surface area contributed by atoms with Gasteiger partial charge in [0.15, 0.2) is 0 Å². The van der Waals surface area contributed by atoms with Gasteiger partial charge in [0, 0.05) is 12.1 Å². The van der Waals surface area contributed by atoms with Crippen LogP contribution in [0.1, 0.15) is 45.1 Å². The van der Waals surface area contributed by atoms with Crippen molar-refractivity contribution in [2.24, 2.45) is 5.92 Å². The number of alkyl halides is 2. The molecule has 1 saturated carbocycles. The Balaban J connectivity index is 1.72. The van der Waals surface area contributed by atoms with Crippen LogP contribution in [0, 0.1) is 5.92 Å².